The van der Waals surface area contributed by atoms with Crippen LogP contribution in [0.25, 0.3) is 0 Å². The summed E-state index contributed by atoms with van der Waals surface area (Å²) in [4.78, 5) is 24.0. The molecule has 1 aromatic heterocycles. The van der Waals surface area contributed by atoms with Gasteiger partial charge in [0.15, 0.2) is 0 Å². The third kappa shape index (κ3) is 5.12. The molecule has 112 valence electrons. The van der Waals surface area contributed by atoms with Crippen LogP contribution >= 0.6 is 11.3 Å². The van der Waals surface area contributed by atoms with Crippen LogP contribution in [-0.4, -0.2) is 44.8 Å². The molecule has 2 amide bonds. The fourth-order valence-electron chi connectivity index (χ4n) is 1.53. The zero-order valence-corrected chi connectivity index (χ0v) is 12.9. The average molecular weight is 300 g/mol. The lowest BCUT2D eigenvalue weighted by Crippen LogP contribution is -2.43. The Labute approximate surface area is 122 Å². The number of carbonyl (C=O) groups excluding carboxylic acids is 1. The predicted molar refractivity (Wildman–Crippen MR) is 76.9 cm³/mol. The molecule has 1 aromatic rings. The van der Waals surface area contributed by atoms with E-state index < -0.39 is 12.0 Å². The summed E-state index contributed by atoms with van der Waals surface area (Å²) in [6.45, 7) is 7.32. The van der Waals surface area contributed by atoms with E-state index in [1.807, 2.05) is 0 Å². The number of nitrogens with one attached hydrogen (secondary N) is 1. The van der Waals surface area contributed by atoms with Gasteiger partial charge in [-0.15, -0.1) is 10.2 Å². The second-order valence-electron chi connectivity index (χ2n) is 5.14. The number of carboxylic acid groups (broad SMARTS) is 1. The van der Waals surface area contributed by atoms with Gasteiger partial charge in [-0.2, -0.15) is 0 Å². The lowest BCUT2D eigenvalue weighted by Gasteiger charge is -2.24. The Balaban J connectivity index is 2.68. The first kappa shape index (κ1) is 16.4. The number of carboxylic acids is 1. The normalized spacial score (nSPS) is 10.9. The van der Waals surface area contributed by atoms with Crippen molar-refractivity contribution in [2.75, 3.05) is 11.9 Å². The molecule has 0 radical (unpaired) electrons. The number of aliphatic carboxylic acids is 1. The molecular weight excluding hydrogens is 280 g/mol. The van der Waals surface area contributed by atoms with E-state index in [9.17, 15) is 9.59 Å². The monoisotopic (exact) mass is 300 g/mol. The fourth-order valence-corrected chi connectivity index (χ4v) is 2.48. The first-order valence-electron chi connectivity index (χ1n) is 6.41. The van der Waals surface area contributed by atoms with E-state index in [-0.39, 0.29) is 12.6 Å². The van der Waals surface area contributed by atoms with Gasteiger partial charge < -0.3 is 10.0 Å². The molecular formula is C12H20N4O3S. The van der Waals surface area contributed by atoms with E-state index in [0.29, 0.717) is 11.0 Å². The van der Waals surface area contributed by atoms with Crippen LogP contribution in [0.4, 0.5) is 9.93 Å². The van der Waals surface area contributed by atoms with Crippen molar-refractivity contribution in [3.63, 3.8) is 0 Å². The van der Waals surface area contributed by atoms with E-state index in [0.717, 1.165) is 11.4 Å². The minimum atomic E-state index is -1.05. The smallest absolute Gasteiger partial charge is 0.324 e. The fraction of sp³-hybridized carbons (Fsp3) is 0.667. The summed E-state index contributed by atoms with van der Waals surface area (Å²) >= 11 is 1.31. The van der Waals surface area contributed by atoms with Gasteiger partial charge in [0.25, 0.3) is 0 Å². The molecule has 2 N–H and O–H groups in total. The number of hydrogen-bond donors (Lipinski definition) is 2. The van der Waals surface area contributed by atoms with Gasteiger partial charge in [-0.1, -0.05) is 25.2 Å². The Morgan fingerprint density at radius 1 is 1.30 bits per heavy atom. The van der Waals surface area contributed by atoms with Crippen LogP contribution in [0, 0.1) is 5.92 Å². The molecule has 0 bridgehead atoms. The third-order valence-corrected chi connectivity index (χ3v) is 3.31. The van der Waals surface area contributed by atoms with E-state index in [4.69, 9.17) is 5.11 Å². The summed E-state index contributed by atoms with van der Waals surface area (Å²) in [5.41, 5.74) is 0. The summed E-state index contributed by atoms with van der Waals surface area (Å²) in [6, 6.07) is -0.691. The van der Waals surface area contributed by atoms with Gasteiger partial charge in [-0.25, -0.2) is 4.79 Å². The Morgan fingerprint density at radius 3 is 2.45 bits per heavy atom. The van der Waals surface area contributed by atoms with E-state index in [1.165, 1.54) is 16.2 Å². The highest BCUT2D eigenvalue weighted by Crippen LogP contribution is 2.18. The Morgan fingerprint density at radius 2 is 1.95 bits per heavy atom. The number of anilines is 1. The van der Waals surface area contributed by atoms with Gasteiger partial charge in [-0.3, -0.25) is 10.1 Å². The van der Waals surface area contributed by atoms with Crippen molar-refractivity contribution >= 4 is 28.5 Å². The minimum absolute atomic E-state index is 0.214. The van der Waals surface area contributed by atoms with Crippen LogP contribution in [0.15, 0.2) is 0 Å². The van der Waals surface area contributed by atoms with Crippen molar-refractivity contribution in [2.45, 2.75) is 40.2 Å². The van der Waals surface area contributed by atoms with Crippen LogP contribution in [-0.2, 0) is 11.2 Å². The molecule has 0 aliphatic heterocycles. The number of carbonyl (C=O) groups is 2. The average Bonchev–Trinajstić information content (AvgIpc) is 2.71. The Hall–Kier alpha value is -1.70. The van der Waals surface area contributed by atoms with Gasteiger partial charge in [-0.05, 0) is 19.8 Å². The lowest BCUT2D eigenvalue weighted by molar-refractivity contribution is -0.137. The molecule has 1 heterocycles. The minimum Gasteiger partial charge on any atom is -0.480 e. The summed E-state index contributed by atoms with van der Waals surface area (Å²) < 4.78 is 0. The van der Waals surface area contributed by atoms with Crippen molar-refractivity contribution in [1.82, 2.24) is 15.1 Å². The number of aromatic nitrogens is 2. The SMILES string of the molecule is CC(C)Cc1nnc(NC(=O)N(CC(=O)O)C(C)C)s1. The van der Waals surface area contributed by atoms with E-state index in [2.05, 4.69) is 29.4 Å². The molecule has 0 fully saturated rings. The van der Waals surface area contributed by atoms with E-state index in [1.54, 1.807) is 13.8 Å². The molecule has 0 aliphatic carbocycles. The maximum absolute atomic E-state index is 12.0. The van der Waals surface area contributed by atoms with Gasteiger partial charge in [0.1, 0.15) is 11.6 Å². The summed E-state index contributed by atoms with van der Waals surface area (Å²) in [6.07, 6.45) is 0.802. The second kappa shape index (κ2) is 7.18. The van der Waals surface area contributed by atoms with Crippen molar-refractivity contribution in [2.24, 2.45) is 5.92 Å². The highest BCUT2D eigenvalue weighted by Gasteiger charge is 2.21. The second-order valence-corrected chi connectivity index (χ2v) is 6.21. The molecule has 1 rings (SSSR count). The molecule has 7 nitrogen and oxygen atoms in total. The molecule has 0 aliphatic rings. The van der Waals surface area contributed by atoms with Crippen LogP contribution in [0.2, 0.25) is 0 Å². The number of hydrogen-bond acceptors (Lipinski definition) is 5. The topological polar surface area (TPSA) is 95.4 Å². The number of nitrogens with zero attached hydrogens (tertiary/aromatic N) is 3. The van der Waals surface area contributed by atoms with Crippen molar-refractivity contribution in [3.8, 4) is 0 Å². The van der Waals surface area contributed by atoms with E-state index >= 15 is 0 Å². The maximum Gasteiger partial charge on any atom is 0.324 e. The molecule has 20 heavy (non-hydrogen) atoms. The zero-order chi connectivity index (χ0) is 15.3. The largest absolute Gasteiger partial charge is 0.480 e. The van der Waals surface area contributed by atoms with Crippen molar-refractivity contribution < 1.29 is 14.7 Å². The molecule has 0 saturated heterocycles. The number of urea groups is 1. The van der Waals surface area contributed by atoms with Crippen LogP contribution in [0.3, 0.4) is 0 Å². The summed E-state index contributed by atoms with van der Waals surface area (Å²) in [7, 11) is 0. The molecule has 8 heteroatoms. The molecule has 0 saturated carbocycles. The van der Waals surface area contributed by atoms with Gasteiger partial charge in [0.2, 0.25) is 5.13 Å². The molecule has 0 spiro atoms. The summed E-state index contributed by atoms with van der Waals surface area (Å²) in [5.74, 6) is -0.586. The van der Waals surface area contributed by atoms with Gasteiger partial charge in [0, 0.05) is 12.5 Å². The lowest BCUT2D eigenvalue weighted by atomic mass is 10.1. The van der Waals surface area contributed by atoms with Crippen molar-refractivity contribution in [3.05, 3.63) is 5.01 Å². The molecule has 0 aromatic carbocycles. The standard InChI is InChI=1S/C12H20N4O3S/c1-7(2)5-9-14-15-11(20-9)13-12(19)16(8(3)4)6-10(17)18/h7-8H,5-6H2,1-4H3,(H,17,18)(H,13,15,19). The van der Waals surface area contributed by atoms with Crippen LogP contribution < -0.4 is 5.32 Å². The van der Waals surface area contributed by atoms with Crippen LogP contribution in [0.5, 0.6) is 0 Å². The first-order valence-corrected chi connectivity index (χ1v) is 7.23. The summed E-state index contributed by atoms with van der Waals surface area (Å²) in [5, 5.41) is 20.5. The number of amides is 2. The highest BCUT2D eigenvalue weighted by molar-refractivity contribution is 7.15. The molecule has 0 unspecified atom stereocenters. The van der Waals surface area contributed by atoms with Gasteiger partial charge in [0.05, 0.1) is 0 Å². The van der Waals surface area contributed by atoms with Crippen LogP contribution in [0.1, 0.15) is 32.7 Å². The van der Waals surface area contributed by atoms with Gasteiger partial charge >= 0.3 is 12.0 Å². The number of rotatable bonds is 6. The Kier molecular flexibility index (Phi) is 5.87. The predicted octanol–water partition coefficient (Wildman–Crippen LogP) is 2.06. The molecule has 0 atom stereocenters. The first-order chi connectivity index (χ1) is 9.29. The third-order valence-electron chi connectivity index (χ3n) is 2.45. The highest BCUT2D eigenvalue weighted by atomic mass is 32.1. The zero-order valence-electron chi connectivity index (χ0n) is 12.1. The Bertz CT molecular complexity index is 473. The van der Waals surface area contributed by atoms with Crippen molar-refractivity contribution in [1.29, 1.82) is 0 Å². The quantitative estimate of drug-likeness (QED) is 0.838. The maximum atomic E-state index is 12.0.